The summed E-state index contributed by atoms with van der Waals surface area (Å²) < 4.78 is 0. The summed E-state index contributed by atoms with van der Waals surface area (Å²) in [6.07, 6.45) is 0.430. The van der Waals surface area contributed by atoms with E-state index in [0.29, 0.717) is 18.7 Å². The van der Waals surface area contributed by atoms with Crippen molar-refractivity contribution in [3.8, 4) is 0 Å². The highest BCUT2D eigenvalue weighted by Gasteiger charge is 2.06. The highest BCUT2D eigenvalue weighted by atomic mass is 16.1. The minimum absolute atomic E-state index is 0.0138. The molecular formula is C17H21N3O. The summed E-state index contributed by atoms with van der Waals surface area (Å²) in [5.41, 5.74) is 9.39. The van der Waals surface area contributed by atoms with Crippen molar-refractivity contribution in [2.24, 2.45) is 0 Å². The molecule has 110 valence electrons. The largest absolute Gasteiger partial charge is 0.399 e. The molecule has 1 amide bonds. The van der Waals surface area contributed by atoms with Crippen LogP contribution in [-0.2, 0) is 4.79 Å². The number of rotatable bonds is 5. The predicted octanol–water partition coefficient (Wildman–Crippen LogP) is 3.04. The Morgan fingerprint density at radius 2 is 1.95 bits per heavy atom. The molecular weight excluding hydrogens is 262 g/mol. The van der Waals surface area contributed by atoms with Crippen molar-refractivity contribution in [3.63, 3.8) is 0 Å². The normalized spacial score (nSPS) is 10.2. The molecule has 0 aliphatic rings. The van der Waals surface area contributed by atoms with E-state index in [4.69, 9.17) is 5.73 Å². The number of anilines is 3. The van der Waals surface area contributed by atoms with Crippen molar-refractivity contribution in [2.45, 2.75) is 13.3 Å². The Labute approximate surface area is 125 Å². The van der Waals surface area contributed by atoms with Crippen LogP contribution in [0.3, 0.4) is 0 Å². The lowest BCUT2D eigenvalue weighted by molar-refractivity contribution is -0.116. The first kappa shape index (κ1) is 14.9. The lowest BCUT2D eigenvalue weighted by atomic mass is 10.2. The fourth-order valence-electron chi connectivity index (χ4n) is 2.10. The highest BCUT2D eigenvalue weighted by molar-refractivity contribution is 5.91. The van der Waals surface area contributed by atoms with E-state index in [-0.39, 0.29) is 5.91 Å². The van der Waals surface area contributed by atoms with Crippen molar-refractivity contribution >= 4 is 23.0 Å². The molecule has 0 aromatic heterocycles. The van der Waals surface area contributed by atoms with Crippen LogP contribution in [-0.4, -0.2) is 19.5 Å². The van der Waals surface area contributed by atoms with Crippen molar-refractivity contribution < 1.29 is 4.79 Å². The third-order valence-corrected chi connectivity index (χ3v) is 3.29. The van der Waals surface area contributed by atoms with Crippen LogP contribution in [0, 0.1) is 6.92 Å². The van der Waals surface area contributed by atoms with Gasteiger partial charge >= 0.3 is 0 Å². The number of carbonyl (C=O) groups is 1. The molecule has 0 heterocycles. The van der Waals surface area contributed by atoms with Crippen LogP contribution in [0.25, 0.3) is 0 Å². The Bertz CT molecular complexity index is 625. The van der Waals surface area contributed by atoms with E-state index < -0.39 is 0 Å². The predicted molar refractivity (Wildman–Crippen MR) is 88.6 cm³/mol. The summed E-state index contributed by atoms with van der Waals surface area (Å²) >= 11 is 0. The molecule has 0 aliphatic carbocycles. The van der Waals surface area contributed by atoms with Crippen LogP contribution in [0.1, 0.15) is 12.0 Å². The molecule has 3 N–H and O–H groups in total. The number of nitrogen functional groups attached to an aromatic ring is 1. The van der Waals surface area contributed by atoms with Gasteiger partial charge in [-0.3, -0.25) is 4.79 Å². The summed E-state index contributed by atoms with van der Waals surface area (Å²) in [6.45, 7) is 2.72. The average molecular weight is 283 g/mol. The van der Waals surface area contributed by atoms with E-state index in [1.54, 1.807) is 12.1 Å². The average Bonchev–Trinajstić information content (AvgIpc) is 2.45. The van der Waals surface area contributed by atoms with Gasteiger partial charge in [0.1, 0.15) is 0 Å². The zero-order valence-corrected chi connectivity index (χ0v) is 12.5. The van der Waals surface area contributed by atoms with Gasteiger partial charge in [-0.05, 0) is 42.8 Å². The maximum absolute atomic E-state index is 11.9. The minimum Gasteiger partial charge on any atom is -0.399 e. The molecule has 0 atom stereocenters. The Kier molecular flexibility index (Phi) is 4.82. The van der Waals surface area contributed by atoms with Gasteiger partial charge in [0, 0.05) is 37.1 Å². The van der Waals surface area contributed by atoms with E-state index >= 15 is 0 Å². The molecule has 0 bridgehead atoms. The monoisotopic (exact) mass is 283 g/mol. The standard InChI is InChI=1S/C17H21N3O/c1-13-5-3-8-16(11-13)20(2)10-9-17(21)19-15-7-4-6-14(18)12-15/h3-8,11-12H,9-10,18H2,1-2H3,(H,19,21). The van der Waals surface area contributed by atoms with Crippen LogP contribution < -0.4 is 16.0 Å². The second-order valence-corrected chi connectivity index (χ2v) is 5.18. The third kappa shape index (κ3) is 4.53. The highest BCUT2D eigenvalue weighted by Crippen LogP contribution is 2.15. The molecule has 0 aliphatic heterocycles. The van der Waals surface area contributed by atoms with Gasteiger partial charge in [-0.25, -0.2) is 0 Å². The number of benzene rings is 2. The fraction of sp³-hybridized carbons (Fsp3) is 0.235. The van der Waals surface area contributed by atoms with Crippen molar-refractivity contribution in [1.29, 1.82) is 0 Å². The molecule has 0 saturated heterocycles. The summed E-state index contributed by atoms with van der Waals surface area (Å²) in [5.74, 6) is -0.0138. The number of amides is 1. The van der Waals surface area contributed by atoms with Crippen LogP contribution >= 0.6 is 0 Å². The summed E-state index contributed by atoms with van der Waals surface area (Å²) in [7, 11) is 1.99. The van der Waals surface area contributed by atoms with Gasteiger partial charge in [0.15, 0.2) is 0 Å². The van der Waals surface area contributed by atoms with E-state index in [9.17, 15) is 4.79 Å². The smallest absolute Gasteiger partial charge is 0.226 e. The second kappa shape index (κ2) is 6.79. The van der Waals surface area contributed by atoms with Gasteiger partial charge < -0.3 is 16.0 Å². The van der Waals surface area contributed by atoms with E-state index in [1.165, 1.54) is 5.56 Å². The number of aryl methyl sites for hydroxylation is 1. The van der Waals surface area contributed by atoms with E-state index in [2.05, 4.69) is 29.3 Å². The number of nitrogens with two attached hydrogens (primary N) is 1. The zero-order chi connectivity index (χ0) is 15.2. The molecule has 0 spiro atoms. The second-order valence-electron chi connectivity index (χ2n) is 5.18. The van der Waals surface area contributed by atoms with Crippen LogP contribution in [0.2, 0.25) is 0 Å². The SMILES string of the molecule is Cc1cccc(N(C)CCC(=O)Nc2cccc(N)c2)c1. The van der Waals surface area contributed by atoms with Crippen LogP contribution in [0.5, 0.6) is 0 Å². The van der Waals surface area contributed by atoms with Gasteiger partial charge in [0.2, 0.25) is 5.91 Å². The van der Waals surface area contributed by atoms with Gasteiger partial charge in [-0.15, -0.1) is 0 Å². The summed E-state index contributed by atoms with van der Waals surface area (Å²) in [6, 6.07) is 15.4. The topological polar surface area (TPSA) is 58.4 Å². The Balaban J connectivity index is 1.86. The lowest BCUT2D eigenvalue weighted by Gasteiger charge is -2.19. The quantitative estimate of drug-likeness (QED) is 0.829. The Morgan fingerprint density at radius 1 is 1.19 bits per heavy atom. The van der Waals surface area contributed by atoms with Gasteiger partial charge in [0.05, 0.1) is 0 Å². The van der Waals surface area contributed by atoms with Crippen molar-refractivity contribution in [2.75, 3.05) is 29.5 Å². The third-order valence-electron chi connectivity index (χ3n) is 3.29. The number of nitrogens with zero attached hydrogens (tertiary/aromatic N) is 1. The molecule has 0 saturated carbocycles. The first-order valence-corrected chi connectivity index (χ1v) is 6.98. The van der Waals surface area contributed by atoms with Gasteiger partial charge in [-0.1, -0.05) is 18.2 Å². The maximum atomic E-state index is 11.9. The van der Waals surface area contributed by atoms with Crippen LogP contribution in [0.15, 0.2) is 48.5 Å². The molecule has 4 heteroatoms. The Morgan fingerprint density at radius 3 is 2.67 bits per heavy atom. The van der Waals surface area contributed by atoms with E-state index in [0.717, 1.165) is 11.4 Å². The van der Waals surface area contributed by atoms with E-state index in [1.807, 2.05) is 31.3 Å². The zero-order valence-electron chi connectivity index (χ0n) is 12.5. The minimum atomic E-state index is -0.0138. The number of nitrogens with one attached hydrogen (secondary N) is 1. The van der Waals surface area contributed by atoms with Crippen molar-refractivity contribution in [3.05, 3.63) is 54.1 Å². The maximum Gasteiger partial charge on any atom is 0.226 e. The summed E-state index contributed by atoms with van der Waals surface area (Å²) in [5, 5.41) is 2.86. The molecule has 4 nitrogen and oxygen atoms in total. The molecule has 21 heavy (non-hydrogen) atoms. The number of hydrogen-bond donors (Lipinski definition) is 2. The first-order chi connectivity index (χ1) is 10.0. The number of carbonyl (C=O) groups excluding carboxylic acids is 1. The summed E-state index contributed by atoms with van der Waals surface area (Å²) in [4.78, 5) is 14.0. The molecule has 0 unspecified atom stereocenters. The fourth-order valence-corrected chi connectivity index (χ4v) is 2.10. The van der Waals surface area contributed by atoms with Gasteiger partial charge in [0.25, 0.3) is 0 Å². The van der Waals surface area contributed by atoms with Gasteiger partial charge in [-0.2, -0.15) is 0 Å². The first-order valence-electron chi connectivity index (χ1n) is 6.98. The van der Waals surface area contributed by atoms with Crippen molar-refractivity contribution in [1.82, 2.24) is 0 Å². The molecule has 2 aromatic carbocycles. The Hall–Kier alpha value is -2.49. The molecule has 0 radical (unpaired) electrons. The lowest BCUT2D eigenvalue weighted by Crippen LogP contribution is -2.23. The molecule has 2 aromatic rings. The van der Waals surface area contributed by atoms with Crippen LogP contribution in [0.4, 0.5) is 17.1 Å². The molecule has 2 rings (SSSR count). The molecule has 0 fully saturated rings. The number of hydrogen-bond acceptors (Lipinski definition) is 3.